The molecule has 0 saturated heterocycles. The topological polar surface area (TPSA) is 82.2 Å². The van der Waals surface area contributed by atoms with Crippen LogP contribution in [0.1, 0.15) is 31.4 Å². The summed E-state index contributed by atoms with van der Waals surface area (Å²) in [6.45, 7) is 1.83. The molecule has 0 aromatic carbocycles. The van der Waals surface area contributed by atoms with Crippen molar-refractivity contribution in [1.29, 1.82) is 0 Å². The Kier molecular flexibility index (Phi) is 4.44. The summed E-state index contributed by atoms with van der Waals surface area (Å²) in [5, 5.41) is 2.75. The number of nitrogens with one attached hydrogen (secondary N) is 2. The molecule has 6 heteroatoms. The predicted octanol–water partition coefficient (Wildman–Crippen LogP) is 2.71. The van der Waals surface area contributed by atoms with Crippen LogP contribution in [0.2, 0.25) is 0 Å². The Balaban J connectivity index is 1.49. The Morgan fingerprint density at radius 3 is 2.50 bits per heavy atom. The molecule has 0 aliphatic heterocycles. The summed E-state index contributed by atoms with van der Waals surface area (Å²) >= 11 is 0. The van der Waals surface area contributed by atoms with E-state index in [9.17, 15) is 9.18 Å². The molecule has 2 aromatic heterocycles. The molecule has 2 saturated carbocycles. The maximum Gasteiger partial charge on any atom is 0.324 e. The first kappa shape index (κ1) is 17.1. The molecule has 0 radical (unpaired) electrons. The number of aryl methyl sites for hydroxylation is 1. The molecule has 2 aliphatic rings. The number of anilines is 1. The number of H-pyrrole nitrogens is 1. The van der Waals surface area contributed by atoms with Crippen LogP contribution in [0.15, 0.2) is 30.5 Å². The van der Waals surface area contributed by atoms with E-state index in [4.69, 9.17) is 5.73 Å². The molecule has 2 fully saturated rings. The summed E-state index contributed by atoms with van der Waals surface area (Å²) in [4.78, 5) is 19.4. The molecule has 1 amide bonds. The van der Waals surface area contributed by atoms with Gasteiger partial charge in [-0.15, -0.1) is 0 Å². The number of rotatable bonds is 6. The standard InChI is InChI=1S/C20H23FN4O/c1-11-14(3-2-10-23-11)15-8-9-16(24-19(15)21)25-20(26)18(22)17(12-4-5-12)13-6-7-13/h2-3,8-10,12-13,17-18H,4-7,22H2,1H3,(H,24,25,26)/p+1/t18-/m0/s1. The second-order valence-corrected chi connectivity index (χ2v) is 7.50. The van der Waals surface area contributed by atoms with Gasteiger partial charge >= 0.3 is 5.91 Å². The number of halogens is 1. The van der Waals surface area contributed by atoms with E-state index in [-0.39, 0.29) is 11.8 Å². The highest BCUT2D eigenvalue weighted by molar-refractivity contribution is 5.93. The van der Waals surface area contributed by atoms with Crippen LogP contribution in [0.4, 0.5) is 10.2 Å². The molecule has 136 valence electrons. The average molecular weight is 355 g/mol. The van der Waals surface area contributed by atoms with Gasteiger partial charge in [0.15, 0.2) is 0 Å². The normalized spacial score (nSPS) is 18.0. The monoisotopic (exact) mass is 355 g/mol. The van der Waals surface area contributed by atoms with Crippen LogP contribution < -0.4 is 16.0 Å². The number of nitrogens with two attached hydrogens (primary N) is 1. The van der Waals surface area contributed by atoms with E-state index in [0.717, 1.165) is 11.3 Å². The number of hydrogen-bond acceptors (Lipinski definition) is 3. The van der Waals surface area contributed by atoms with Gasteiger partial charge in [-0.2, -0.15) is 4.39 Å². The van der Waals surface area contributed by atoms with Crippen molar-refractivity contribution in [2.75, 3.05) is 5.32 Å². The van der Waals surface area contributed by atoms with Crippen molar-refractivity contribution in [3.8, 4) is 11.1 Å². The van der Waals surface area contributed by atoms with Crippen molar-refractivity contribution in [1.82, 2.24) is 4.98 Å². The third kappa shape index (κ3) is 3.46. The first-order valence-corrected chi connectivity index (χ1v) is 9.25. The van der Waals surface area contributed by atoms with Crippen LogP contribution in [0.5, 0.6) is 0 Å². The van der Waals surface area contributed by atoms with E-state index < -0.39 is 12.0 Å². The summed E-state index contributed by atoms with van der Waals surface area (Å²) in [7, 11) is 0. The largest absolute Gasteiger partial charge is 0.324 e. The van der Waals surface area contributed by atoms with Crippen molar-refractivity contribution in [3.63, 3.8) is 0 Å². The highest BCUT2D eigenvalue weighted by Crippen LogP contribution is 2.50. The van der Waals surface area contributed by atoms with E-state index in [2.05, 4.69) is 15.3 Å². The van der Waals surface area contributed by atoms with E-state index in [0.29, 0.717) is 23.2 Å². The van der Waals surface area contributed by atoms with Crippen molar-refractivity contribution in [3.05, 3.63) is 42.1 Å². The van der Waals surface area contributed by atoms with Gasteiger partial charge in [-0.1, -0.05) is 6.07 Å². The fourth-order valence-corrected chi connectivity index (χ4v) is 3.84. The molecule has 2 aromatic rings. The van der Waals surface area contributed by atoms with E-state index >= 15 is 0 Å². The lowest BCUT2D eigenvalue weighted by Crippen LogP contribution is -2.44. The van der Waals surface area contributed by atoms with Crippen LogP contribution >= 0.6 is 0 Å². The average Bonchev–Trinajstić information content (AvgIpc) is 3.51. The lowest BCUT2D eigenvalue weighted by Gasteiger charge is -2.20. The van der Waals surface area contributed by atoms with Crippen molar-refractivity contribution in [2.24, 2.45) is 23.5 Å². The number of aromatic amines is 1. The fourth-order valence-electron chi connectivity index (χ4n) is 3.84. The Bertz CT molecular complexity index is 820. The number of aromatic nitrogens is 2. The molecule has 4 rings (SSSR count). The minimum atomic E-state index is -0.535. The molecular weight excluding hydrogens is 331 g/mol. The van der Waals surface area contributed by atoms with Crippen LogP contribution in [-0.4, -0.2) is 16.9 Å². The van der Waals surface area contributed by atoms with Crippen LogP contribution in [0.25, 0.3) is 11.1 Å². The van der Waals surface area contributed by atoms with Gasteiger partial charge in [0, 0.05) is 23.5 Å². The summed E-state index contributed by atoms with van der Waals surface area (Å²) in [6.07, 6.45) is 6.35. The molecule has 1 atom stereocenters. The summed E-state index contributed by atoms with van der Waals surface area (Å²) in [5.41, 5.74) is 8.13. The van der Waals surface area contributed by atoms with Crippen molar-refractivity contribution < 1.29 is 14.2 Å². The molecule has 0 bridgehead atoms. The SMILES string of the molecule is Cc1ncccc1-c1ccc(NC(=O)[C@@H](N)C(C2CC2)C2CC2)[nH+]c1F. The van der Waals surface area contributed by atoms with E-state index in [1.807, 2.05) is 13.0 Å². The van der Waals surface area contributed by atoms with Gasteiger partial charge in [0.05, 0.1) is 5.56 Å². The number of amides is 1. The number of carbonyl (C=O) groups excluding carboxylic acids is 1. The third-order valence-electron chi connectivity index (χ3n) is 5.50. The van der Waals surface area contributed by atoms with Gasteiger partial charge in [0.1, 0.15) is 6.04 Å². The molecule has 2 aliphatic carbocycles. The maximum atomic E-state index is 14.5. The molecular formula is C20H24FN4O+. The summed E-state index contributed by atoms with van der Waals surface area (Å²) in [5.74, 6) is 0.999. The van der Waals surface area contributed by atoms with Gasteiger partial charge in [-0.25, -0.2) is 15.1 Å². The Hall–Kier alpha value is -2.34. The molecule has 26 heavy (non-hydrogen) atoms. The minimum Gasteiger partial charge on any atom is -0.318 e. The van der Waals surface area contributed by atoms with Crippen molar-refractivity contribution in [2.45, 2.75) is 38.6 Å². The van der Waals surface area contributed by atoms with Gasteiger partial charge in [-0.05, 0) is 62.5 Å². The number of pyridine rings is 2. The van der Waals surface area contributed by atoms with Crippen LogP contribution in [-0.2, 0) is 4.79 Å². The Morgan fingerprint density at radius 1 is 1.23 bits per heavy atom. The maximum absolute atomic E-state index is 14.5. The van der Waals surface area contributed by atoms with E-state index in [1.54, 1.807) is 24.4 Å². The van der Waals surface area contributed by atoms with Crippen molar-refractivity contribution >= 4 is 11.7 Å². The number of carbonyl (C=O) groups is 1. The highest BCUT2D eigenvalue weighted by Gasteiger charge is 2.47. The summed E-state index contributed by atoms with van der Waals surface area (Å²) in [6, 6.07) is 6.37. The van der Waals surface area contributed by atoms with Gasteiger partial charge in [0.25, 0.3) is 11.8 Å². The molecule has 2 heterocycles. The first-order chi connectivity index (χ1) is 12.5. The zero-order valence-electron chi connectivity index (χ0n) is 14.8. The second-order valence-electron chi connectivity index (χ2n) is 7.50. The summed E-state index contributed by atoms with van der Waals surface area (Å²) < 4.78 is 14.5. The lowest BCUT2D eigenvalue weighted by molar-refractivity contribution is -0.404. The third-order valence-corrected chi connectivity index (χ3v) is 5.50. The smallest absolute Gasteiger partial charge is 0.318 e. The quantitative estimate of drug-likeness (QED) is 0.782. The van der Waals surface area contributed by atoms with Gasteiger partial charge in [-0.3, -0.25) is 4.98 Å². The van der Waals surface area contributed by atoms with Crippen LogP contribution in [0.3, 0.4) is 0 Å². The van der Waals surface area contributed by atoms with Gasteiger partial charge in [0.2, 0.25) is 0 Å². The predicted molar refractivity (Wildman–Crippen MR) is 96.5 cm³/mol. The lowest BCUT2D eigenvalue weighted by atomic mass is 9.89. The fraction of sp³-hybridized carbons (Fsp3) is 0.450. The van der Waals surface area contributed by atoms with Gasteiger partial charge < -0.3 is 5.73 Å². The zero-order chi connectivity index (χ0) is 18.3. The number of hydrogen-bond donors (Lipinski definition) is 2. The highest BCUT2D eigenvalue weighted by atomic mass is 19.1. The van der Waals surface area contributed by atoms with E-state index in [1.165, 1.54) is 25.7 Å². The molecule has 0 spiro atoms. The molecule has 0 unspecified atom stereocenters. The molecule has 4 N–H and O–H groups in total. The Labute approximate surface area is 152 Å². The first-order valence-electron chi connectivity index (χ1n) is 9.25. The second kappa shape index (κ2) is 6.76. The Morgan fingerprint density at radius 2 is 1.92 bits per heavy atom. The zero-order valence-corrected chi connectivity index (χ0v) is 14.8. The minimum absolute atomic E-state index is 0.241. The number of nitrogens with zero attached hydrogens (tertiary/aromatic N) is 1. The molecule has 5 nitrogen and oxygen atoms in total. The van der Waals surface area contributed by atoms with Crippen LogP contribution in [0, 0.1) is 30.6 Å².